The van der Waals surface area contributed by atoms with Crippen molar-refractivity contribution in [2.45, 2.75) is 6.54 Å². The lowest BCUT2D eigenvalue weighted by Gasteiger charge is -2.12. The summed E-state index contributed by atoms with van der Waals surface area (Å²) < 4.78 is 10.6. The molecule has 1 aliphatic heterocycles. The molecule has 0 atom stereocenters. The zero-order valence-corrected chi connectivity index (χ0v) is 17.0. The third-order valence-electron chi connectivity index (χ3n) is 4.23. The van der Waals surface area contributed by atoms with Gasteiger partial charge in [0.2, 0.25) is 0 Å². The molecule has 1 aromatic carbocycles. The van der Waals surface area contributed by atoms with Crippen LogP contribution in [0.3, 0.4) is 0 Å². The minimum absolute atomic E-state index is 0.150. The van der Waals surface area contributed by atoms with Crippen molar-refractivity contribution in [1.82, 2.24) is 9.88 Å². The number of hydrogen-bond donors (Lipinski definition) is 0. The van der Waals surface area contributed by atoms with Gasteiger partial charge in [0.15, 0.2) is 5.17 Å². The average Bonchev–Trinajstić information content (AvgIpc) is 3.39. The topological polar surface area (TPSA) is 80.3 Å². The number of furan rings is 1. The maximum Gasteiger partial charge on any atom is 0.267 e. The smallest absolute Gasteiger partial charge is 0.267 e. The van der Waals surface area contributed by atoms with Crippen LogP contribution in [0.1, 0.15) is 16.9 Å². The van der Waals surface area contributed by atoms with Crippen LogP contribution >= 0.6 is 11.8 Å². The standard InChI is InChI=1S/C22H18N4O3S/c1-28-18-8-6-16(7-9-18)12-20-21(27)26(15-19-5-3-11-29-19)22(30-20)25-24-14-17-4-2-10-23-13-17/h2-14H,15H2,1H3/b20-12-,24-14-,25-22+. The highest BCUT2D eigenvalue weighted by Crippen LogP contribution is 2.34. The SMILES string of the molecule is COc1ccc(/C=C2\S/C(=N/N=C\c3cccnc3)N(Cc3ccco3)C2=O)cc1. The highest BCUT2D eigenvalue weighted by atomic mass is 32.2. The van der Waals surface area contributed by atoms with Gasteiger partial charge >= 0.3 is 0 Å². The molecule has 150 valence electrons. The molecule has 0 spiro atoms. The fourth-order valence-electron chi connectivity index (χ4n) is 2.73. The molecule has 1 aliphatic rings. The monoisotopic (exact) mass is 418 g/mol. The Balaban J connectivity index is 1.60. The Morgan fingerprint density at radius 3 is 2.73 bits per heavy atom. The first kappa shape index (κ1) is 19.7. The van der Waals surface area contributed by atoms with E-state index in [4.69, 9.17) is 9.15 Å². The fourth-order valence-corrected chi connectivity index (χ4v) is 3.66. The minimum atomic E-state index is -0.150. The Kier molecular flexibility index (Phi) is 6.05. The maximum absolute atomic E-state index is 13.0. The van der Waals surface area contributed by atoms with Gasteiger partial charge in [-0.05, 0) is 53.7 Å². The molecule has 0 N–H and O–H groups in total. The van der Waals surface area contributed by atoms with Gasteiger partial charge in [-0.25, -0.2) is 0 Å². The van der Waals surface area contributed by atoms with Crippen molar-refractivity contribution in [3.63, 3.8) is 0 Å². The summed E-state index contributed by atoms with van der Waals surface area (Å²) in [6, 6.07) is 14.8. The first-order chi connectivity index (χ1) is 14.7. The van der Waals surface area contributed by atoms with E-state index >= 15 is 0 Å². The van der Waals surface area contributed by atoms with E-state index in [0.717, 1.165) is 16.9 Å². The van der Waals surface area contributed by atoms with Crippen molar-refractivity contribution in [3.05, 3.63) is 89.0 Å². The van der Waals surface area contributed by atoms with E-state index in [1.165, 1.54) is 11.8 Å². The van der Waals surface area contributed by atoms with Crippen LogP contribution in [-0.4, -0.2) is 34.3 Å². The highest BCUT2D eigenvalue weighted by molar-refractivity contribution is 8.18. The second kappa shape index (κ2) is 9.23. The first-order valence-electron chi connectivity index (χ1n) is 9.12. The van der Waals surface area contributed by atoms with E-state index in [0.29, 0.717) is 15.8 Å². The van der Waals surface area contributed by atoms with E-state index < -0.39 is 0 Å². The van der Waals surface area contributed by atoms with Crippen LogP contribution in [-0.2, 0) is 11.3 Å². The van der Waals surface area contributed by atoms with E-state index in [-0.39, 0.29) is 12.5 Å². The largest absolute Gasteiger partial charge is 0.497 e. The van der Waals surface area contributed by atoms with E-state index in [9.17, 15) is 4.79 Å². The third-order valence-corrected chi connectivity index (χ3v) is 5.23. The molecular formula is C22H18N4O3S. The zero-order valence-electron chi connectivity index (χ0n) is 16.1. The Morgan fingerprint density at radius 2 is 2.03 bits per heavy atom. The second-order valence-electron chi connectivity index (χ2n) is 6.27. The molecule has 2 aromatic heterocycles. The number of aromatic nitrogens is 1. The fraction of sp³-hybridized carbons (Fsp3) is 0.0909. The number of amidine groups is 1. The Hall–Kier alpha value is -3.65. The van der Waals surface area contributed by atoms with Gasteiger partial charge in [0.25, 0.3) is 5.91 Å². The quantitative estimate of drug-likeness (QED) is 0.341. The maximum atomic E-state index is 13.0. The number of nitrogens with zero attached hydrogens (tertiary/aromatic N) is 4. The van der Waals surface area contributed by atoms with Crippen LogP contribution in [0.4, 0.5) is 0 Å². The first-order valence-corrected chi connectivity index (χ1v) is 9.93. The molecule has 1 fully saturated rings. The predicted octanol–water partition coefficient (Wildman–Crippen LogP) is 4.19. The van der Waals surface area contributed by atoms with Crippen LogP contribution in [0.5, 0.6) is 5.75 Å². The zero-order chi connectivity index (χ0) is 20.8. The van der Waals surface area contributed by atoms with Crippen LogP contribution in [0.2, 0.25) is 0 Å². The van der Waals surface area contributed by atoms with Crippen molar-refractivity contribution in [2.24, 2.45) is 10.2 Å². The van der Waals surface area contributed by atoms with Gasteiger partial charge in [0.05, 0.1) is 31.0 Å². The molecule has 0 saturated carbocycles. The highest BCUT2D eigenvalue weighted by Gasteiger charge is 2.34. The number of rotatable bonds is 6. The summed E-state index contributed by atoms with van der Waals surface area (Å²) in [5.74, 6) is 1.27. The number of ether oxygens (including phenoxy) is 1. The summed E-state index contributed by atoms with van der Waals surface area (Å²) in [6.45, 7) is 0.278. The number of thioether (sulfide) groups is 1. The van der Waals surface area contributed by atoms with Gasteiger partial charge in [-0.1, -0.05) is 18.2 Å². The summed E-state index contributed by atoms with van der Waals surface area (Å²) in [5, 5.41) is 8.89. The number of hydrogen-bond acceptors (Lipinski definition) is 7. The molecule has 3 heterocycles. The van der Waals surface area contributed by atoms with Crippen LogP contribution in [0, 0.1) is 0 Å². The molecule has 3 aromatic rings. The number of amides is 1. The third kappa shape index (κ3) is 4.66. The van der Waals surface area contributed by atoms with Crippen LogP contribution in [0.15, 0.2) is 86.7 Å². The Morgan fingerprint density at radius 1 is 1.17 bits per heavy atom. The van der Waals surface area contributed by atoms with Crippen LogP contribution in [0.25, 0.3) is 6.08 Å². The van der Waals surface area contributed by atoms with Crippen LogP contribution < -0.4 is 4.74 Å². The second-order valence-corrected chi connectivity index (χ2v) is 7.28. The van der Waals surface area contributed by atoms with E-state index in [1.54, 1.807) is 42.9 Å². The summed E-state index contributed by atoms with van der Waals surface area (Å²) in [7, 11) is 1.62. The molecule has 30 heavy (non-hydrogen) atoms. The number of carbonyl (C=O) groups excluding carboxylic acids is 1. The average molecular weight is 418 g/mol. The number of benzene rings is 1. The van der Waals surface area contributed by atoms with Gasteiger partial charge in [0.1, 0.15) is 11.5 Å². The van der Waals surface area contributed by atoms with Gasteiger partial charge in [-0.15, -0.1) is 5.10 Å². The molecule has 0 radical (unpaired) electrons. The van der Waals surface area contributed by atoms with E-state index in [2.05, 4.69) is 15.2 Å². The minimum Gasteiger partial charge on any atom is -0.497 e. The molecule has 0 unspecified atom stereocenters. The number of pyridine rings is 1. The Bertz CT molecular complexity index is 1090. The normalized spacial score (nSPS) is 16.8. The molecule has 0 aliphatic carbocycles. The van der Waals surface area contributed by atoms with Gasteiger partial charge in [0, 0.05) is 18.0 Å². The summed E-state index contributed by atoms with van der Waals surface area (Å²) in [6.07, 6.45) is 8.38. The molecule has 7 nitrogen and oxygen atoms in total. The number of methoxy groups -OCH3 is 1. The van der Waals surface area contributed by atoms with Crippen molar-refractivity contribution in [2.75, 3.05) is 7.11 Å². The summed E-state index contributed by atoms with van der Waals surface area (Å²) in [5.41, 5.74) is 1.72. The lowest BCUT2D eigenvalue weighted by Crippen LogP contribution is -2.28. The van der Waals surface area contributed by atoms with Gasteiger partial charge in [-0.3, -0.25) is 14.7 Å². The van der Waals surface area contributed by atoms with E-state index in [1.807, 2.05) is 48.5 Å². The molecule has 1 amide bonds. The Labute approximate surface area is 177 Å². The summed E-state index contributed by atoms with van der Waals surface area (Å²) in [4.78, 5) is 19.2. The molecule has 4 rings (SSSR count). The lowest BCUT2D eigenvalue weighted by atomic mass is 10.2. The predicted molar refractivity (Wildman–Crippen MR) is 117 cm³/mol. The van der Waals surface area contributed by atoms with Crippen molar-refractivity contribution < 1.29 is 13.9 Å². The summed E-state index contributed by atoms with van der Waals surface area (Å²) >= 11 is 1.27. The van der Waals surface area contributed by atoms with Crippen molar-refractivity contribution >= 4 is 35.1 Å². The van der Waals surface area contributed by atoms with Gasteiger partial charge in [-0.2, -0.15) is 5.10 Å². The van der Waals surface area contributed by atoms with Crippen molar-refractivity contribution in [3.8, 4) is 5.75 Å². The molecule has 8 heteroatoms. The molecule has 0 bridgehead atoms. The molecular weight excluding hydrogens is 400 g/mol. The number of carbonyl (C=O) groups is 1. The lowest BCUT2D eigenvalue weighted by molar-refractivity contribution is -0.122. The molecule has 1 saturated heterocycles. The van der Waals surface area contributed by atoms with Crippen molar-refractivity contribution in [1.29, 1.82) is 0 Å². The van der Waals surface area contributed by atoms with Gasteiger partial charge < -0.3 is 9.15 Å².